The lowest BCUT2D eigenvalue weighted by molar-refractivity contribution is -0.114. The first-order valence-corrected chi connectivity index (χ1v) is 9.94. The molecule has 1 aromatic carbocycles. The molecule has 0 radical (unpaired) electrons. The SMILES string of the molecule is Cc1ccc(C)n1N1C(=O)/C(=C\c2ccc(-c3cccc(C(=O)O)c3)o2)SC1=S. The van der Waals surface area contributed by atoms with Gasteiger partial charge in [-0.2, -0.15) is 5.01 Å². The zero-order valence-electron chi connectivity index (χ0n) is 15.6. The van der Waals surface area contributed by atoms with Crippen LogP contribution in [0.25, 0.3) is 17.4 Å². The van der Waals surface area contributed by atoms with E-state index in [9.17, 15) is 9.59 Å². The van der Waals surface area contributed by atoms with E-state index in [0.29, 0.717) is 26.3 Å². The molecule has 3 heterocycles. The number of rotatable bonds is 4. The maximum atomic E-state index is 12.9. The first-order chi connectivity index (χ1) is 13.8. The summed E-state index contributed by atoms with van der Waals surface area (Å²) in [6.07, 6.45) is 1.65. The standard InChI is InChI=1S/C21H16N2O4S2/c1-12-6-7-13(2)22(12)23-19(24)18(29-21(23)28)11-16-8-9-17(27-16)14-4-3-5-15(10-14)20(25)26/h3-11H,1-2H3,(H,25,26)/b18-11+. The van der Waals surface area contributed by atoms with Crippen molar-refractivity contribution in [2.45, 2.75) is 13.8 Å². The molecule has 1 saturated heterocycles. The Labute approximate surface area is 176 Å². The van der Waals surface area contributed by atoms with Crippen molar-refractivity contribution in [2.75, 3.05) is 5.01 Å². The van der Waals surface area contributed by atoms with Crippen LogP contribution in [0.3, 0.4) is 0 Å². The highest BCUT2D eigenvalue weighted by molar-refractivity contribution is 8.27. The molecule has 8 heteroatoms. The molecule has 0 atom stereocenters. The van der Waals surface area contributed by atoms with Crippen molar-refractivity contribution >= 4 is 46.3 Å². The number of thiocarbonyl (C=S) groups is 1. The molecule has 6 nitrogen and oxygen atoms in total. The highest BCUT2D eigenvalue weighted by Gasteiger charge is 2.35. The molecule has 1 fully saturated rings. The van der Waals surface area contributed by atoms with E-state index in [1.807, 2.05) is 26.0 Å². The third-order valence-electron chi connectivity index (χ3n) is 4.50. The topological polar surface area (TPSA) is 75.7 Å². The Morgan fingerprint density at radius 1 is 1.14 bits per heavy atom. The summed E-state index contributed by atoms with van der Waals surface area (Å²) in [5.74, 6) is -0.208. The molecule has 1 amide bonds. The normalized spacial score (nSPS) is 15.5. The van der Waals surface area contributed by atoms with Crippen LogP contribution in [-0.2, 0) is 4.79 Å². The van der Waals surface area contributed by atoms with Crippen LogP contribution in [-0.4, -0.2) is 26.0 Å². The van der Waals surface area contributed by atoms with Crippen LogP contribution in [0.4, 0.5) is 0 Å². The Bertz CT molecular complexity index is 1170. The molecule has 0 bridgehead atoms. The van der Waals surface area contributed by atoms with Gasteiger partial charge in [0, 0.05) is 23.0 Å². The number of amides is 1. The predicted molar refractivity (Wildman–Crippen MR) is 116 cm³/mol. The quantitative estimate of drug-likeness (QED) is 0.487. The van der Waals surface area contributed by atoms with Gasteiger partial charge in [-0.15, -0.1) is 0 Å². The molecule has 29 heavy (non-hydrogen) atoms. The van der Waals surface area contributed by atoms with Crippen molar-refractivity contribution < 1.29 is 19.1 Å². The second-order valence-electron chi connectivity index (χ2n) is 6.51. The maximum absolute atomic E-state index is 12.9. The molecule has 1 aliphatic heterocycles. The van der Waals surface area contributed by atoms with Crippen molar-refractivity contribution in [1.82, 2.24) is 4.68 Å². The summed E-state index contributed by atoms with van der Waals surface area (Å²) < 4.78 is 8.06. The molecule has 0 saturated carbocycles. The van der Waals surface area contributed by atoms with Crippen LogP contribution in [0, 0.1) is 13.8 Å². The summed E-state index contributed by atoms with van der Waals surface area (Å²) in [6, 6.07) is 13.8. The van der Waals surface area contributed by atoms with Crippen molar-refractivity contribution in [2.24, 2.45) is 0 Å². The Kier molecular flexibility index (Phi) is 4.89. The molecule has 146 valence electrons. The summed E-state index contributed by atoms with van der Waals surface area (Å²) in [5, 5.41) is 10.6. The minimum atomic E-state index is -1.00. The number of hydrogen-bond acceptors (Lipinski definition) is 5. The fourth-order valence-electron chi connectivity index (χ4n) is 3.13. The predicted octanol–water partition coefficient (Wildman–Crippen LogP) is 4.60. The monoisotopic (exact) mass is 424 g/mol. The molecule has 1 N–H and O–H groups in total. The van der Waals surface area contributed by atoms with Crippen molar-refractivity contribution in [1.29, 1.82) is 0 Å². The third kappa shape index (κ3) is 3.52. The zero-order chi connectivity index (χ0) is 20.7. The molecule has 0 spiro atoms. The van der Waals surface area contributed by atoms with Gasteiger partial charge in [-0.25, -0.2) is 4.79 Å². The summed E-state index contributed by atoms with van der Waals surface area (Å²) >= 11 is 6.63. The van der Waals surface area contributed by atoms with Gasteiger partial charge in [0.2, 0.25) is 0 Å². The average molecular weight is 425 g/mol. The lowest BCUT2D eigenvalue weighted by atomic mass is 10.1. The lowest BCUT2D eigenvalue weighted by Crippen LogP contribution is -2.39. The second kappa shape index (κ2) is 7.38. The average Bonchev–Trinajstić information content (AvgIpc) is 3.36. The van der Waals surface area contributed by atoms with Gasteiger partial charge in [0.15, 0.2) is 4.32 Å². The van der Waals surface area contributed by atoms with E-state index in [2.05, 4.69) is 0 Å². The number of carboxylic acids is 1. The Morgan fingerprint density at radius 2 is 1.86 bits per heavy atom. The van der Waals surface area contributed by atoms with Gasteiger partial charge in [0.1, 0.15) is 11.5 Å². The first kappa shape index (κ1) is 19.2. The van der Waals surface area contributed by atoms with Gasteiger partial charge in [0.05, 0.1) is 10.5 Å². The summed E-state index contributed by atoms with van der Waals surface area (Å²) in [7, 11) is 0. The van der Waals surface area contributed by atoms with Gasteiger partial charge in [-0.1, -0.05) is 23.9 Å². The van der Waals surface area contributed by atoms with E-state index in [1.165, 1.54) is 22.8 Å². The molecule has 4 rings (SSSR count). The van der Waals surface area contributed by atoms with Gasteiger partial charge in [0.25, 0.3) is 5.91 Å². The second-order valence-corrected chi connectivity index (χ2v) is 8.19. The fourth-order valence-corrected chi connectivity index (χ4v) is 4.35. The van der Waals surface area contributed by atoms with Crippen molar-refractivity contribution in [3.8, 4) is 11.3 Å². The Hall–Kier alpha value is -3.10. The van der Waals surface area contributed by atoms with Crippen LogP contribution in [0.5, 0.6) is 0 Å². The molecular weight excluding hydrogens is 408 g/mol. The number of furan rings is 1. The number of carbonyl (C=O) groups is 2. The van der Waals surface area contributed by atoms with E-state index < -0.39 is 5.97 Å². The van der Waals surface area contributed by atoms with Crippen LogP contribution >= 0.6 is 24.0 Å². The number of benzene rings is 1. The molecule has 3 aromatic rings. The molecule has 0 unspecified atom stereocenters. The summed E-state index contributed by atoms with van der Waals surface area (Å²) in [4.78, 5) is 24.6. The van der Waals surface area contributed by atoms with E-state index >= 15 is 0 Å². The van der Waals surface area contributed by atoms with Crippen molar-refractivity contribution in [3.63, 3.8) is 0 Å². The largest absolute Gasteiger partial charge is 0.478 e. The summed E-state index contributed by atoms with van der Waals surface area (Å²) in [5.41, 5.74) is 2.66. The summed E-state index contributed by atoms with van der Waals surface area (Å²) in [6.45, 7) is 3.83. The molecule has 2 aromatic heterocycles. The fraction of sp³-hybridized carbons (Fsp3) is 0.0952. The smallest absolute Gasteiger partial charge is 0.335 e. The van der Waals surface area contributed by atoms with Crippen LogP contribution in [0.2, 0.25) is 0 Å². The molecular formula is C21H16N2O4S2. The van der Waals surface area contributed by atoms with Gasteiger partial charge in [-0.05, 0) is 62.5 Å². The number of thioether (sulfide) groups is 1. The molecule has 0 aliphatic carbocycles. The minimum absolute atomic E-state index is 0.179. The number of carbonyl (C=O) groups excluding carboxylic acids is 1. The number of aromatic nitrogens is 1. The third-order valence-corrected chi connectivity index (χ3v) is 5.78. The van der Waals surface area contributed by atoms with Crippen LogP contribution in [0.1, 0.15) is 27.5 Å². The van der Waals surface area contributed by atoms with E-state index in [-0.39, 0.29) is 11.5 Å². The van der Waals surface area contributed by atoms with Crippen molar-refractivity contribution in [3.05, 3.63) is 76.1 Å². The highest BCUT2D eigenvalue weighted by Crippen LogP contribution is 2.34. The van der Waals surface area contributed by atoms with E-state index in [4.69, 9.17) is 21.7 Å². The number of nitrogens with zero attached hydrogens (tertiary/aromatic N) is 2. The number of hydrogen-bond donors (Lipinski definition) is 1. The van der Waals surface area contributed by atoms with Gasteiger partial charge in [-0.3, -0.25) is 9.47 Å². The number of aryl methyl sites for hydroxylation is 2. The number of aromatic carboxylic acids is 1. The zero-order valence-corrected chi connectivity index (χ0v) is 17.2. The number of carboxylic acid groups (broad SMARTS) is 1. The van der Waals surface area contributed by atoms with Gasteiger partial charge < -0.3 is 9.52 Å². The van der Waals surface area contributed by atoms with Crippen LogP contribution in [0.15, 0.2) is 57.9 Å². The lowest BCUT2D eigenvalue weighted by Gasteiger charge is -2.20. The molecule has 1 aliphatic rings. The van der Waals surface area contributed by atoms with Crippen LogP contribution < -0.4 is 5.01 Å². The Morgan fingerprint density at radius 3 is 2.55 bits per heavy atom. The highest BCUT2D eigenvalue weighted by atomic mass is 32.2. The Balaban J connectivity index is 1.63. The maximum Gasteiger partial charge on any atom is 0.335 e. The van der Waals surface area contributed by atoms with E-state index in [1.54, 1.807) is 41.1 Å². The first-order valence-electron chi connectivity index (χ1n) is 8.72. The van der Waals surface area contributed by atoms with Gasteiger partial charge >= 0.3 is 5.97 Å². The minimum Gasteiger partial charge on any atom is -0.478 e. The van der Waals surface area contributed by atoms with E-state index in [0.717, 1.165) is 11.4 Å².